The van der Waals surface area contributed by atoms with Gasteiger partial charge in [-0.25, -0.2) is 0 Å². The van der Waals surface area contributed by atoms with E-state index in [1.165, 1.54) is 0 Å². The number of nitrogens with two attached hydrogens (primary N) is 1. The Morgan fingerprint density at radius 3 is 1.95 bits per heavy atom. The zero-order valence-corrected chi connectivity index (χ0v) is 23.5. The van der Waals surface area contributed by atoms with Crippen molar-refractivity contribution in [3.63, 3.8) is 0 Å². The van der Waals surface area contributed by atoms with Crippen LogP contribution in [0.2, 0.25) is 0 Å². The van der Waals surface area contributed by atoms with Crippen molar-refractivity contribution < 1.29 is 14.3 Å². The van der Waals surface area contributed by atoms with Crippen LogP contribution in [-0.2, 0) is 4.74 Å². The number of nitrogens with one attached hydrogen (secondary N) is 1. The minimum Gasteiger partial charge on any atom is -0.501 e. The molecule has 2 aliphatic rings. The first-order valence-corrected chi connectivity index (χ1v) is 13.1. The predicted molar refractivity (Wildman–Crippen MR) is 163 cm³/mol. The Kier molecular flexibility index (Phi) is 8.83. The average Bonchev–Trinajstić information content (AvgIpc) is 2.94. The molecule has 2 aromatic carbocycles. The van der Waals surface area contributed by atoms with Gasteiger partial charge in [0, 0.05) is 68.8 Å². The number of fused-ring (bicyclic) bond motifs is 2. The number of rotatable bonds is 3. The lowest BCUT2D eigenvalue weighted by Crippen LogP contribution is -2.21. The molecule has 0 saturated carbocycles. The van der Waals surface area contributed by atoms with E-state index in [2.05, 4.69) is 20.3 Å². The van der Waals surface area contributed by atoms with E-state index >= 15 is 0 Å². The van der Waals surface area contributed by atoms with Crippen molar-refractivity contribution in [2.75, 3.05) is 44.3 Å². The normalized spacial score (nSPS) is 18.6. The fourth-order valence-electron chi connectivity index (χ4n) is 4.57. The van der Waals surface area contributed by atoms with Crippen LogP contribution in [0.3, 0.4) is 0 Å². The molecule has 0 spiro atoms. The molecule has 2 aromatic rings. The van der Waals surface area contributed by atoms with Crippen LogP contribution in [-0.4, -0.2) is 68.7 Å². The van der Waals surface area contributed by atoms with Crippen molar-refractivity contribution in [3.8, 4) is 0 Å². The van der Waals surface area contributed by atoms with Gasteiger partial charge in [0.05, 0.1) is 38.9 Å². The topological polar surface area (TPSA) is 131 Å². The van der Waals surface area contributed by atoms with E-state index in [1.807, 2.05) is 27.7 Å². The van der Waals surface area contributed by atoms with Gasteiger partial charge in [-0.1, -0.05) is 0 Å². The first kappa shape index (κ1) is 28.4. The summed E-state index contributed by atoms with van der Waals surface area (Å²) in [5, 5.41) is 3.37. The summed E-state index contributed by atoms with van der Waals surface area (Å²) < 4.78 is 5.39. The van der Waals surface area contributed by atoms with E-state index in [9.17, 15) is 9.59 Å². The summed E-state index contributed by atoms with van der Waals surface area (Å²) in [6.07, 6.45) is 3.58. The molecule has 9 heteroatoms. The lowest BCUT2D eigenvalue weighted by molar-refractivity contribution is 0.0979. The van der Waals surface area contributed by atoms with Crippen LogP contribution in [0.25, 0.3) is 0 Å². The molecular weight excluding hydrogens is 504 g/mol. The molecule has 1 aliphatic carbocycles. The van der Waals surface area contributed by atoms with Crippen LogP contribution in [0.1, 0.15) is 59.5 Å². The maximum absolute atomic E-state index is 13.2. The van der Waals surface area contributed by atoms with Crippen LogP contribution >= 0.6 is 0 Å². The van der Waals surface area contributed by atoms with E-state index in [1.54, 1.807) is 55.9 Å². The predicted octanol–water partition coefficient (Wildman–Crippen LogP) is 4.73. The summed E-state index contributed by atoms with van der Waals surface area (Å²) in [4.78, 5) is 44.7. The summed E-state index contributed by atoms with van der Waals surface area (Å²) in [6, 6.07) is 9.98. The van der Waals surface area contributed by atoms with E-state index in [0.29, 0.717) is 59.8 Å². The molecule has 3 N–H and O–H groups in total. The minimum atomic E-state index is -0.208. The van der Waals surface area contributed by atoms with E-state index < -0.39 is 0 Å². The zero-order valence-electron chi connectivity index (χ0n) is 23.5. The van der Waals surface area contributed by atoms with Gasteiger partial charge in [0.15, 0.2) is 11.6 Å². The molecule has 1 aliphatic heterocycles. The number of aliphatic imine (C=N–C) groups is 4. The minimum absolute atomic E-state index is 0.203. The molecule has 0 aromatic heterocycles. The van der Waals surface area contributed by atoms with Gasteiger partial charge in [-0.15, -0.1) is 0 Å². The van der Waals surface area contributed by atoms with Crippen molar-refractivity contribution in [1.29, 1.82) is 0 Å². The number of methoxy groups -OCH3 is 1. The summed E-state index contributed by atoms with van der Waals surface area (Å²) in [5.41, 5.74) is 12.6. The summed E-state index contributed by atoms with van der Waals surface area (Å²) in [6.45, 7) is 9.72. The van der Waals surface area contributed by atoms with Gasteiger partial charge in [0.1, 0.15) is 5.76 Å². The number of carbonyl (C=O) groups is 2. The van der Waals surface area contributed by atoms with Crippen molar-refractivity contribution in [1.82, 2.24) is 0 Å². The van der Waals surface area contributed by atoms with Gasteiger partial charge in [0.25, 0.3) is 0 Å². The highest BCUT2D eigenvalue weighted by molar-refractivity contribution is 6.29. The lowest BCUT2D eigenvalue weighted by atomic mass is 9.83. The van der Waals surface area contributed by atoms with Crippen LogP contribution < -0.4 is 11.1 Å². The Bertz CT molecular complexity index is 1540. The van der Waals surface area contributed by atoms with Crippen LogP contribution in [0.15, 0.2) is 79.0 Å². The van der Waals surface area contributed by atoms with Gasteiger partial charge in [-0.05, 0) is 64.1 Å². The number of hydrogen-bond acceptors (Lipinski definition) is 9. The molecule has 0 fully saturated rings. The highest BCUT2D eigenvalue weighted by Gasteiger charge is 2.30. The number of benzene rings is 2. The SMILES string of the molecule is CO/C(C)=C1\C=NCCN=C/C(=C(\C)Nc2ccc3c(c2)C(=O)c2ccc(N)cc2C3=O)C(C)=NCCN=C1C. The van der Waals surface area contributed by atoms with Gasteiger partial charge in [-0.3, -0.25) is 29.6 Å². The number of carbonyl (C=O) groups excluding carboxylic acids is 2. The smallest absolute Gasteiger partial charge is 0.194 e. The molecule has 0 radical (unpaired) electrons. The second-order valence-electron chi connectivity index (χ2n) is 9.57. The molecule has 40 heavy (non-hydrogen) atoms. The van der Waals surface area contributed by atoms with Crippen molar-refractivity contribution in [3.05, 3.63) is 81.3 Å². The monoisotopic (exact) mass is 538 g/mol. The van der Waals surface area contributed by atoms with E-state index in [-0.39, 0.29) is 11.6 Å². The lowest BCUT2D eigenvalue weighted by Gasteiger charge is -2.19. The van der Waals surface area contributed by atoms with Crippen LogP contribution in [0.4, 0.5) is 11.4 Å². The average molecular weight is 539 g/mol. The molecule has 206 valence electrons. The van der Waals surface area contributed by atoms with E-state index in [4.69, 9.17) is 15.5 Å². The maximum Gasteiger partial charge on any atom is 0.194 e. The largest absolute Gasteiger partial charge is 0.501 e. The van der Waals surface area contributed by atoms with E-state index in [0.717, 1.165) is 34.0 Å². The van der Waals surface area contributed by atoms with Gasteiger partial charge in [0.2, 0.25) is 0 Å². The number of ether oxygens (including phenoxy) is 1. The molecule has 0 atom stereocenters. The van der Waals surface area contributed by atoms with Crippen molar-refractivity contribution >= 4 is 46.8 Å². The second-order valence-corrected chi connectivity index (χ2v) is 9.57. The van der Waals surface area contributed by atoms with Gasteiger partial charge < -0.3 is 15.8 Å². The van der Waals surface area contributed by atoms with Crippen LogP contribution in [0.5, 0.6) is 0 Å². The molecule has 0 saturated heterocycles. The standard InChI is InChI=1S/C31H34N6O3/c1-18-28(16-33-10-11-34-17-29(21(4)40-5)19(2)36-13-12-35-18)20(3)37-23-7-9-25-27(15-23)31(39)24-8-6-22(32)14-26(24)30(25)38/h6-9,14-17,37H,10-13,32H2,1-5H3/b28-20-,29-21+,33-16?,34-17?,35-18?,36-19?. The number of allylic oxidation sites excluding steroid dienone is 4. The molecule has 0 bridgehead atoms. The zero-order chi connectivity index (χ0) is 28.8. The fourth-order valence-corrected chi connectivity index (χ4v) is 4.57. The van der Waals surface area contributed by atoms with Crippen LogP contribution in [0, 0.1) is 0 Å². The number of nitrogens with zero attached hydrogens (tertiary/aromatic N) is 4. The maximum atomic E-state index is 13.2. The third kappa shape index (κ3) is 6.14. The molecular formula is C31H34N6O3. The molecule has 0 amide bonds. The Morgan fingerprint density at radius 2 is 1.32 bits per heavy atom. The first-order valence-electron chi connectivity index (χ1n) is 13.1. The Morgan fingerprint density at radius 1 is 0.775 bits per heavy atom. The number of ketones is 2. The Balaban J connectivity index is 1.61. The molecule has 0 unspecified atom stereocenters. The second kappa shape index (κ2) is 12.5. The molecule has 9 nitrogen and oxygen atoms in total. The van der Waals surface area contributed by atoms with Gasteiger partial charge in [-0.2, -0.15) is 0 Å². The number of nitrogen functional groups attached to an aromatic ring is 1. The molecule has 4 rings (SSSR count). The third-order valence-electron chi connectivity index (χ3n) is 6.84. The number of anilines is 2. The Hall–Kier alpha value is -4.66. The fraction of sp³-hybridized carbons (Fsp3) is 0.290. The van der Waals surface area contributed by atoms with Gasteiger partial charge >= 0.3 is 0 Å². The summed E-state index contributed by atoms with van der Waals surface area (Å²) in [7, 11) is 1.63. The Labute approximate surface area is 234 Å². The highest BCUT2D eigenvalue weighted by Crippen LogP contribution is 2.30. The van der Waals surface area contributed by atoms with Crippen molar-refractivity contribution in [2.45, 2.75) is 27.7 Å². The summed E-state index contributed by atoms with van der Waals surface area (Å²) >= 11 is 0. The molecule has 1 heterocycles. The first-order chi connectivity index (χ1) is 19.2. The third-order valence-corrected chi connectivity index (χ3v) is 6.84. The van der Waals surface area contributed by atoms with Crippen molar-refractivity contribution in [2.24, 2.45) is 20.0 Å². The highest BCUT2D eigenvalue weighted by atomic mass is 16.5. The number of hydrogen-bond donors (Lipinski definition) is 2. The quantitative estimate of drug-likeness (QED) is 0.368. The summed E-state index contributed by atoms with van der Waals surface area (Å²) in [5.74, 6) is 0.348.